The van der Waals surface area contributed by atoms with Gasteiger partial charge in [-0.1, -0.05) is 20.8 Å². The fourth-order valence-electron chi connectivity index (χ4n) is 4.00. The van der Waals surface area contributed by atoms with Crippen molar-refractivity contribution in [1.29, 1.82) is 0 Å². The van der Waals surface area contributed by atoms with Crippen LogP contribution in [0.2, 0.25) is 0 Å². The summed E-state index contributed by atoms with van der Waals surface area (Å²) in [6.07, 6.45) is 5.09. The summed E-state index contributed by atoms with van der Waals surface area (Å²) < 4.78 is 6.26. The number of carbonyl (C=O) groups is 1. The SMILES string of the molecule is CN(CCC(=O)O)c1ccc2cc(O[C@H]3CC[C@H](C(C)(C)C)CC3)ccc2n1. The number of benzene rings is 1. The first-order valence-electron chi connectivity index (χ1n) is 10.2. The maximum absolute atomic E-state index is 10.8. The van der Waals surface area contributed by atoms with E-state index in [1.807, 2.05) is 36.2 Å². The number of rotatable bonds is 6. The second-order valence-corrected chi connectivity index (χ2v) is 9.05. The predicted octanol–water partition coefficient (Wildman–Crippen LogP) is 5.13. The average Bonchev–Trinajstić information content (AvgIpc) is 2.65. The van der Waals surface area contributed by atoms with Gasteiger partial charge < -0.3 is 14.7 Å². The Morgan fingerprint density at radius 1 is 1.18 bits per heavy atom. The molecule has 1 aromatic heterocycles. The van der Waals surface area contributed by atoms with Gasteiger partial charge in [0, 0.05) is 19.0 Å². The molecule has 1 saturated carbocycles. The van der Waals surface area contributed by atoms with Gasteiger partial charge in [-0.25, -0.2) is 4.98 Å². The van der Waals surface area contributed by atoms with Gasteiger partial charge in [-0.15, -0.1) is 0 Å². The Kier molecular flexibility index (Phi) is 6.11. The Morgan fingerprint density at radius 2 is 1.89 bits per heavy atom. The van der Waals surface area contributed by atoms with Gasteiger partial charge >= 0.3 is 5.97 Å². The molecule has 28 heavy (non-hydrogen) atoms. The van der Waals surface area contributed by atoms with Gasteiger partial charge in [-0.05, 0) is 67.3 Å². The van der Waals surface area contributed by atoms with Gasteiger partial charge in [0.1, 0.15) is 11.6 Å². The van der Waals surface area contributed by atoms with E-state index in [2.05, 4.69) is 31.8 Å². The molecule has 5 heteroatoms. The maximum Gasteiger partial charge on any atom is 0.305 e. The Balaban J connectivity index is 1.63. The fraction of sp³-hybridized carbons (Fsp3) is 0.565. The molecular weight excluding hydrogens is 352 g/mol. The zero-order valence-corrected chi connectivity index (χ0v) is 17.4. The highest BCUT2D eigenvalue weighted by Crippen LogP contribution is 2.39. The number of ether oxygens (including phenoxy) is 1. The Bertz CT molecular complexity index is 820. The Labute approximate surface area is 167 Å². The van der Waals surface area contributed by atoms with Crippen molar-refractivity contribution in [1.82, 2.24) is 4.98 Å². The second-order valence-electron chi connectivity index (χ2n) is 9.05. The largest absolute Gasteiger partial charge is 0.490 e. The molecule has 0 bridgehead atoms. The molecule has 0 radical (unpaired) electrons. The summed E-state index contributed by atoms with van der Waals surface area (Å²) in [5.41, 5.74) is 1.28. The lowest BCUT2D eigenvalue weighted by Crippen LogP contribution is -2.30. The van der Waals surface area contributed by atoms with Crippen molar-refractivity contribution in [3.63, 3.8) is 0 Å². The van der Waals surface area contributed by atoms with Crippen LogP contribution < -0.4 is 9.64 Å². The Morgan fingerprint density at radius 3 is 2.54 bits per heavy atom. The molecule has 1 N–H and O–H groups in total. The molecule has 0 atom stereocenters. The van der Waals surface area contributed by atoms with E-state index < -0.39 is 5.97 Å². The molecule has 3 rings (SSSR count). The molecule has 1 aliphatic rings. The third kappa shape index (κ3) is 5.15. The highest BCUT2D eigenvalue weighted by atomic mass is 16.5. The number of pyridine rings is 1. The second kappa shape index (κ2) is 8.38. The van der Waals surface area contributed by atoms with Crippen LogP contribution in [-0.2, 0) is 4.79 Å². The lowest BCUT2D eigenvalue weighted by molar-refractivity contribution is -0.136. The number of hydrogen-bond acceptors (Lipinski definition) is 4. The summed E-state index contributed by atoms with van der Waals surface area (Å²) in [6.45, 7) is 7.44. The maximum atomic E-state index is 10.8. The van der Waals surface area contributed by atoms with Crippen LogP contribution in [0.1, 0.15) is 52.9 Å². The highest BCUT2D eigenvalue weighted by Gasteiger charge is 2.30. The predicted molar refractivity (Wildman–Crippen MR) is 113 cm³/mol. The van der Waals surface area contributed by atoms with Gasteiger partial charge in [0.2, 0.25) is 0 Å². The monoisotopic (exact) mass is 384 g/mol. The van der Waals surface area contributed by atoms with Crippen LogP contribution >= 0.6 is 0 Å². The molecule has 1 aliphatic carbocycles. The summed E-state index contributed by atoms with van der Waals surface area (Å²) in [7, 11) is 1.86. The van der Waals surface area contributed by atoms with Crippen molar-refractivity contribution in [2.24, 2.45) is 11.3 Å². The first kappa shape index (κ1) is 20.4. The number of anilines is 1. The van der Waals surface area contributed by atoms with E-state index >= 15 is 0 Å². The van der Waals surface area contributed by atoms with E-state index in [9.17, 15) is 4.79 Å². The van der Waals surface area contributed by atoms with Crippen LogP contribution in [0.5, 0.6) is 5.75 Å². The minimum atomic E-state index is -0.800. The van der Waals surface area contributed by atoms with E-state index in [1.165, 1.54) is 12.8 Å². The zero-order chi connectivity index (χ0) is 20.3. The van der Waals surface area contributed by atoms with Crippen molar-refractivity contribution in [2.75, 3.05) is 18.5 Å². The molecule has 0 saturated heterocycles. The molecule has 0 aliphatic heterocycles. The minimum absolute atomic E-state index is 0.0977. The minimum Gasteiger partial charge on any atom is -0.490 e. The lowest BCUT2D eigenvalue weighted by atomic mass is 9.72. The first-order valence-corrected chi connectivity index (χ1v) is 10.2. The van der Waals surface area contributed by atoms with Crippen molar-refractivity contribution in [2.45, 2.75) is 59.0 Å². The smallest absolute Gasteiger partial charge is 0.305 e. The van der Waals surface area contributed by atoms with E-state index in [0.29, 0.717) is 18.1 Å². The van der Waals surface area contributed by atoms with Crippen molar-refractivity contribution < 1.29 is 14.6 Å². The summed E-state index contributed by atoms with van der Waals surface area (Å²) in [6, 6.07) is 9.99. The molecule has 5 nitrogen and oxygen atoms in total. The van der Waals surface area contributed by atoms with Gasteiger partial charge in [-0.3, -0.25) is 4.79 Å². The average molecular weight is 385 g/mol. The number of hydrogen-bond donors (Lipinski definition) is 1. The normalized spacial score (nSPS) is 20.1. The fourth-order valence-corrected chi connectivity index (χ4v) is 4.00. The topological polar surface area (TPSA) is 62.7 Å². The molecule has 1 aromatic carbocycles. The number of aromatic nitrogens is 1. The molecular formula is C23H32N2O3. The summed E-state index contributed by atoms with van der Waals surface area (Å²) in [5.74, 6) is 1.67. The van der Waals surface area contributed by atoms with Crippen molar-refractivity contribution >= 4 is 22.7 Å². The third-order valence-corrected chi connectivity index (χ3v) is 5.90. The number of aliphatic carboxylic acids is 1. The van der Waals surface area contributed by atoms with Crippen molar-refractivity contribution in [3.8, 4) is 5.75 Å². The van der Waals surface area contributed by atoms with Crippen LogP contribution in [0.15, 0.2) is 30.3 Å². The van der Waals surface area contributed by atoms with Gasteiger partial charge in [0.25, 0.3) is 0 Å². The van der Waals surface area contributed by atoms with E-state index in [-0.39, 0.29) is 6.42 Å². The highest BCUT2D eigenvalue weighted by molar-refractivity contribution is 5.82. The van der Waals surface area contributed by atoms with E-state index in [1.54, 1.807) is 0 Å². The van der Waals surface area contributed by atoms with E-state index in [0.717, 1.165) is 41.2 Å². The van der Waals surface area contributed by atoms with Gasteiger partial charge in [0.15, 0.2) is 0 Å². The van der Waals surface area contributed by atoms with Crippen LogP contribution in [-0.4, -0.2) is 35.8 Å². The molecule has 0 spiro atoms. The quantitative estimate of drug-likeness (QED) is 0.748. The number of carboxylic acids is 1. The molecule has 1 heterocycles. The van der Waals surface area contributed by atoms with Crippen LogP contribution in [0.25, 0.3) is 10.9 Å². The summed E-state index contributed by atoms with van der Waals surface area (Å²) in [4.78, 5) is 17.3. The van der Waals surface area contributed by atoms with Gasteiger partial charge in [-0.2, -0.15) is 0 Å². The number of fused-ring (bicyclic) bond motifs is 1. The summed E-state index contributed by atoms with van der Waals surface area (Å²) >= 11 is 0. The molecule has 1 fully saturated rings. The standard InChI is InChI=1S/C23H32N2O3/c1-23(2,3)17-6-8-18(9-7-17)28-19-10-11-20-16(15-19)5-12-21(24-20)25(4)14-13-22(26)27/h5,10-12,15,17-18H,6-9,13-14H2,1-4H3,(H,26,27)/t17-,18-. The third-order valence-electron chi connectivity index (χ3n) is 5.90. The van der Waals surface area contributed by atoms with Crippen LogP contribution in [0.3, 0.4) is 0 Å². The lowest BCUT2D eigenvalue weighted by Gasteiger charge is -2.36. The number of nitrogens with zero attached hydrogens (tertiary/aromatic N) is 2. The molecule has 152 valence electrons. The summed E-state index contributed by atoms with van der Waals surface area (Å²) in [5, 5.41) is 9.88. The van der Waals surface area contributed by atoms with Crippen LogP contribution in [0, 0.1) is 11.3 Å². The van der Waals surface area contributed by atoms with Crippen LogP contribution in [0.4, 0.5) is 5.82 Å². The molecule has 2 aromatic rings. The van der Waals surface area contributed by atoms with Gasteiger partial charge in [0.05, 0.1) is 18.0 Å². The van der Waals surface area contributed by atoms with E-state index in [4.69, 9.17) is 9.84 Å². The molecule has 0 unspecified atom stereocenters. The number of carboxylic acid groups (broad SMARTS) is 1. The van der Waals surface area contributed by atoms with Crippen molar-refractivity contribution in [3.05, 3.63) is 30.3 Å². The molecule has 0 amide bonds. The zero-order valence-electron chi connectivity index (χ0n) is 17.4. The first-order chi connectivity index (χ1) is 13.2. The Hall–Kier alpha value is -2.30.